The molecule has 0 saturated heterocycles. The smallest absolute Gasteiger partial charge is 0.338 e. The predicted molar refractivity (Wildman–Crippen MR) is 127 cm³/mol. The van der Waals surface area contributed by atoms with Crippen LogP contribution in [0.5, 0.6) is 0 Å². The first kappa shape index (κ1) is 20.5. The molecule has 1 aliphatic carbocycles. The molecule has 4 aromatic rings. The van der Waals surface area contributed by atoms with E-state index in [1.54, 1.807) is 6.07 Å². The van der Waals surface area contributed by atoms with Crippen LogP contribution in [0.4, 0.5) is 0 Å². The number of benzene rings is 3. The van der Waals surface area contributed by atoms with Crippen molar-refractivity contribution in [1.29, 1.82) is 0 Å². The first-order chi connectivity index (χ1) is 15.5. The van der Waals surface area contributed by atoms with Crippen LogP contribution in [0.1, 0.15) is 52.2 Å². The summed E-state index contributed by atoms with van der Waals surface area (Å²) in [5.74, 6) is 0.444. The van der Waals surface area contributed by atoms with Gasteiger partial charge < -0.3 is 9.30 Å². The number of carbonyl (C=O) groups is 2. The number of hydrogen-bond acceptors (Lipinski definition) is 3. The summed E-state index contributed by atoms with van der Waals surface area (Å²) in [5.41, 5.74) is 4.31. The predicted octanol–water partition coefficient (Wildman–Crippen LogP) is 6.03. The van der Waals surface area contributed by atoms with Crippen LogP contribution in [-0.4, -0.2) is 23.4 Å². The number of carbonyl (C=O) groups excluding carboxylic acids is 2. The van der Waals surface area contributed by atoms with Crippen molar-refractivity contribution >= 4 is 33.4 Å². The van der Waals surface area contributed by atoms with Gasteiger partial charge >= 0.3 is 5.97 Å². The topological polar surface area (TPSA) is 48.3 Å². The number of Topliss-reactive ketones (excluding diaryl/α,β-unsaturated/α-hetero) is 1. The van der Waals surface area contributed by atoms with E-state index in [0.29, 0.717) is 35.9 Å². The van der Waals surface area contributed by atoms with Crippen LogP contribution in [0.25, 0.3) is 21.7 Å². The molecule has 1 aromatic heterocycles. The lowest BCUT2D eigenvalue weighted by Gasteiger charge is -2.26. The van der Waals surface area contributed by atoms with Crippen molar-refractivity contribution in [2.45, 2.75) is 33.2 Å². The Morgan fingerprint density at radius 1 is 1.03 bits per heavy atom. The quantitative estimate of drug-likeness (QED) is 0.375. The third kappa shape index (κ3) is 3.31. The maximum atomic E-state index is 13.4. The molecule has 0 radical (unpaired) electrons. The first-order valence-corrected chi connectivity index (χ1v) is 11.2. The molecule has 5 rings (SSSR count). The van der Waals surface area contributed by atoms with Gasteiger partial charge in [0, 0.05) is 29.6 Å². The molecule has 0 spiro atoms. The average molecular weight is 426 g/mol. The van der Waals surface area contributed by atoms with Crippen LogP contribution in [0.2, 0.25) is 0 Å². The molecule has 0 aliphatic heterocycles. The number of fused-ring (bicyclic) bond motifs is 4. The van der Waals surface area contributed by atoms with Gasteiger partial charge in [0.05, 0.1) is 18.2 Å². The maximum Gasteiger partial charge on any atom is 0.338 e. The van der Waals surface area contributed by atoms with Crippen molar-refractivity contribution in [3.8, 4) is 0 Å². The van der Waals surface area contributed by atoms with E-state index in [-0.39, 0.29) is 5.78 Å². The van der Waals surface area contributed by atoms with E-state index >= 15 is 0 Å². The molecular formula is C28H27NO3. The summed E-state index contributed by atoms with van der Waals surface area (Å²) in [6.07, 6.45) is 1.36. The number of aromatic nitrogens is 1. The zero-order chi connectivity index (χ0) is 22.4. The lowest BCUT2D eigenvalue weighted by atomic mass is 9.79. The Balaban J connectivity index is 1.73. The second kappa shape index (κ2) is 7.94. The van der Waals surface area contributed by atoms with Gasteiger partial charge in [-0.1, -0.05) is 56.3 Å². The fraction of sp³-hybridized carbons (Fsp3) is 0.286. The largest absolute Gasteiger partial charge is 0.465 e. The fourth-order valence-corrected chi connectivity index (χ4v) is 5.08. The maximum absolute atomic E-state index is 13.4. The minimum absolute atomic E-state index is 0.128. The summed E-state index contributed by atoms with van der Waals surface area (Å²) in [5, 5.41) is 3.14. The lowest BCUT2D eigenvalue weighted by Crippen LogP contribution is -2.25. The third-order valence-corrected chi connectivity index (χ3v) is 6.88. The standard InChI is InChI=1S/C28H27NO3/c1-17(2)21-14-24-27(25(30)15-21)26-22(28(31)32-3)9-6-10-23(26)29(24)16-18-11-12-19-7-4-5-8-20(19)13-18/h4-13,17,21H,14-16H2,1-3H3. The molecule has 32 heavy (non-hydrogen) atoms. The molecule has 0 bridgehead atoms. The number of ether oxygens (including phenoxy) is 1. The minimum atomic E-state index is -0.403. The highest BCUT2D eigenvalue weighted by Gasteiger charge is 2.34. The van der Waals surface area contributed by atoms with Gasteiger partial charge in [0.1, 0.15) is 0 Å². The van der Waals surface area contributed by atoms with Crippen molar-refractivity contribution in [2.75, 3.05) is 7.11 Å². The second-order valence-corrected chi connectivity index (χ2v) is 9.12. The molecule has 1 aliphatic rings. The van der Waals surface area contributed by atoms with Crippen LogP contribution in [0.3, 0.4) is 0 Å². The Morgan fingerprint density at radius 2 is 1.81 bits per heavy atom. The zero-order valence-corrected chi connectivity index (χ0v) is 18.7. The van der Waals surface area contributed by atoms with Crippen molar-refractivity contribution in [1.82, 2.24) is 4.57 Å². The summed E-state index contributed by atoms with van der Waals surface area (Å²) in [7, 11) is 1.39. The highest BCUT2D eigenvalue weighted by Crippen LogP contribution is 2.39. The molecule has 0 amide bonds. The van der Waals surface area contributed by atoms with Crippen molar-refractivity contribution in [3.63, 3.8) is 0 Å². The van der Waals surface area contributed by atoms with E-state index in [4.69, 9.17) is 4.74 Å². The van der Waals surface area contributed by atoms with Crippen LogP contribution < -0.4 is 0 Å². The fourth-order valence-electron chi connectivity index (χ4n) is 5.08. The van der Waals surface area contributed by atoms with E-state index in [0.717, 1.165) is 23.0 Å². The van der Waals surface area contributed by atoms with Gasteiger partial charge in [-0.15, -0.1) is 0 Å². The first-order valence-electron chi connectivity index (χ1n) is 11.2. The monoisotopic (exact) mass is 425 g/mol. The van der Waals surface area contributed by atoms with Gasteiger partial charge in [0.25, 0.3) is 0 Å². The van der Waals surface area contributed by atoms with E-state index in [9.17, 15) is 9.59 Å². The Labute approximate surface area is 187 Å². The highest BCUT2D eigenvalue weighted by molar-refractivity contribution is 6.16. The molecule has 1 heterocycles. The number of esters is 1. The van der Waals surface area contributed by atoms with Crippen molar-refractivity contribution in [3.05, 3.63) is 83.0 Å². The molecule has 0 saturated carbocycles. The normalized spacial score (nSPS) is 16.0. The lowest BCUT2D eigenvalue weighted by molar-refractivity contribution is 0.0603. The number of methoxy groups -OCH3 is 1. The molecule has 1 atom stereocenters. The highest BCUT2D eigenvalue weighted by atomic mass is 16.5. The molecule has 1 unspecified atom stereocenters. The molecule has 4 heteroatoms. The van der Waals surface area contributed by atoms with Crippen molar-refractivity contribution in [2.24, 2.45) is 11.8 Å². The van der Waals surface area contributed by atoms with Crippen LogP contribution in [0.15, 0.2) is 60.7 Å². The van der Waals surface area contributed by atoms with Gasteiger partial charge in [0.15, 0.2) is 5.78 Å². The van der Waals surface area contributed by atoms with Gasteiger partial charge in [-0.2, -0.15) is 0 Å². The summed E-state index contributed by atoms with van der Waals surface area (Å²) < 4.78 is 7.29. The number of rotatable bonds is 4. The Kier molecular flexibility index (Phi) is 5.09. The van der Waals surface area contributed by atoms with Crippen molar-refractivity contribution < 1.29 is 14.3 Å². The van der Waals surface area contributed by atoms with Crippen LogP contribution in [0, 0.1) is 11.8 Å². The third-order valence-electron chi connectivity index (χ3n) is 6.88. The Morgan fingerprint density at radius 3 is 2.56 bits per heavy atom. The number of hydrogen-bond donors (Lipinski definition) is 0. The second-order valence-electron chi connectivity index (χ2n) is 9.12. The summed E-state index contributed by atoms with van der Waals surface area (Å²) in [6, 6.07) is 20.5. The van der Waals surface area contributed by atoms with E-state index < -0.39 is 5.97 Å². The van der Waals surface area contributed by atoms with Gasteiger partial charge in [-0.3, -0.25) is 4.79 Å². The Hall–Kier alpha value is -3.40. The summed E-state index contributed by atoms with van der Waals surface area (Å²) in [4.78, 5) is 25.9. The molecule has 0 fully saturated rings. The molecular weight excluding hydrogens is 398 g/mol. The zero-order valence-electron chi connectivity index (χ0n) is 18.7. The SMILES string of the molecule is COC(=O)c1cccc2c1c1c(n2Cc2ccc3ccccc3c2)CC(C(C)C)CC1=O. The van der Waals surface area contributed by atoms with Crippen LogP contribution in [-0.2, 0) is 17.7 Å². The van der Waals surface area contributed by atoms with Gasteiger partial charge in [-0.05, 0) is 52.8 Å². The molecule has 162 valence electrons. The molecule has 0 N–H and O–H groups in total. The van der Waals surface area contributed by atoms with Crippen LogP contribution >= 0.6 is 0 Å². The van der Waals surface area contributed by atoms with Gasteiger partial charge in [-0.25, -0.2) is 4.79 Å². The number of ketones is 1. The van der Waals surface area contributed by atoms with E-state index in [2.05, 4.69) is 48.7 Å². The molecule has 3 aromatic carbocycles. The number of nitrogens with zero attached hydrogens (tertiary/aromatic N) is 1. The Bertz CT molecular complexity index is 1360. The minimum Gasteiger partial charge on any atom is -0.465 e. The van der Waals surface area contributed by atoms with E-state index in [1.807, 2.05) is 24.3 Å². The van der Waals surface area contributed by atoms with Gasteiger partial charge in [0.2, 0.25) is 0 Å². The van der Waals surface area contributed by atoms with E-state index in [1.165, 1.54) is 23.4 Å². The summed E-state index contributed by atoms with van der Waals surface area (Å²) in [6.45, 7) is 5.01. The molecule has 4 nitrogen and oxygen atoms in total. The average Bonchev–Trinajstić information content (AvgIpc) is 3.12. The summed E-state index contributed by atoms with van der Waals surface area (Å²) >= 11 is 0.